The van der Waals surface area contributed by atoms with Crippen LogP contribution in [-0.4, -0.2) is 26.2 Å². The van der Waals surface area contributed by atoms with E-state index in [2.05, 4.69) is 0 Å². The summed E-state index contributed by atoms with van der Waals surface area (Å²) in [6.45, 7) is 1.07. The maximum atomic E-state index is 12.1. The fraction of sp³-hybridized carbons (Fsp3) is 0.214. The number of hydrogen-bond acceptors (Lipinski definition) is 4. The summed E-state index contributed by atoms with van der Waals surface area (Å²) in [5.41, 5.74) is 0.727. The van der Waals surface area contributed by atoms with E-state index in [4.69, 9.17) is 13.9 Å². The van der Waals surface area contributed by atoms with Crippen molar-refractivity contribution in [3.8, 4) is 11.5 Å². The minimum absolute atomic E-state index is 0.207. The van der Waals surface area contributed by atoms with E-state index in [-0.39, 0.29) is 5.91 Å². The van der Waals surface area contributed by atoms with E-state index in [1.807, 2.05) is 6.07 Å². The molecule has 0 radical (unpaired) electrons. The van der Waals surface area contributed by atoms with Gasteiger partial charge in [-0.1, -0.05) is 0 Å². The van der Waals surface area contributed by atoms with Crippen LogP contribution in [-0.2, 0) is 0 Å². The summed E-state index contributed by atoms with van der Waals surface area (Å²) in [5, 5.41) is 0. The number of rotatable bonds is 2. The van der Waals surface area contributed by atoms with Gasteiger partial charge in [0.15, 0.2) is 17.3 Å². The minimum atomic E-state index is -0.207. The molecule has 0 fully saturated rings. The molecular formula is C14H13NO4. The molecule has 2 aromatic rings. The van der Waals surface area contributed by atoms with Crippen molar-refractivity contribution in [2.45, 2.75) is 0 Å². The molecule has 1 aromatic heterocycles. The molecule has 0 saturated heterocycles. The summed E-state index contributed by atoms with van der Waals surface area (Å²) in [4.78, 5) is 13.6. The molecule has 1 amide bonds. The first-order valence-corrected chi connectivity index (χ1v) is 5.97. The molecule has 98 valence electrons. The highest BCUT2D eigenvalue weighted by Crippen LogP contribution is 2.33. The number of furan rings is 1. The maximum Gasteiger partial charge on any atom is 0.293 e. The lowest BCUT2D eigenvalue weighted by Crippen LogP contribution is -2.26. The Balaban J connectivity index is 1.87. The first-order valence-electron chi connectivity index (χ1n) is 5.97. The van der Waals surface area contributed by atoms with Crippen molar-refractivity contribution < 1.29 is 18.7 Å². The topological polar surface area (TPSA) is 51.9 Å². The molecule has 0 unspecified atom stereocenters. The highest BCUT2D eigenvalue weighted by molar-refractivity contribution is 6.03. The maximum absolute atomic E-state index is 12.1. The molecule has 0 bridgehead atoms. The molecule has 0 N–H and O–H groups in total. The molecule has 0 spiro atoms. The number of nitrogens with zero attached hydrogens (tertiary/aromatic N) is 1. The lowest BCUT2D eigenvalue weighted by Gasteiger charge is -2.21. The number of carbonyl (C=O) groups is 1. The van der Waals surface area contributed by atoms with Crippen LogP contribution in [0.25, 0.3) is 0 Å². The van der Waals surface area contributed by atoms with Crippen molar-refractivity contribution >= 4 is 11.6 Å². The fourth-order valence-corrected chi connectivity index (χ4v) is 1.92. The van der Waals surface area contributed by atoms with E-state index in [1.165, 1.54) is 11.2 Å². The van der Waals surface area contributed by atoms with Gasteiger partial charge >= 0.3 is 0 Å². The van der Waals surface area contributed by atoms with Crippen LogP contribution in [0.2, 0.25) is 0 Å². The van der Waals surface area contributed by atoms with Crippen LogP contribution < -0.4 is 14.4 Å². The fourth-order valence-electron chi connectivity index (χ4n) is 1.92. The summed E-state index contributed by atoms with van der Waals surface area (Å²) in [7, 11) is 1.69. The first-order chi connectivity index (χ1) is 9.25. The second-order valence-corrected chi connectivity index (χ2v) is 4.17. The lowest BCUT2D eigenvalue weighted by atomic mass is 10.2. The average Bonchev–Trinajstić information content (AvgIpc) is 2.99. The van der Waals surface area contributed by atoms with Gasteiger partial charge in [-0.25, -0.2) is 0 Å². The molecule has 1 aromatic carbocycles. The van der Waals surface area contributed by atoms with Crippen LogP contribution in [0.5, 0.6) is 11.5 Å². The largest absolute Gasteiger partial charge is 0.486 e. The molecule has 3 rings (SSSR count). The van der Waals surface area contributed by atoms with Crippen molar-refractivity contribution in [1.29, 1.82) is 0 Å². The lowest BCUT2D eigenvalue weighted by molar-refractivity contribution is 0.0966. The predicted molar refractivity (Wildman–Crippen MR) is 68.9 cm³/mol. The number of amides is 1. The minimum Gasteiger partial charge on any atom is -0.486 e. The number of anilines is 1. The van der Waals surface area contributed by atoms with Crippen LogP contribution in [0, 0.1) is 0 Å². The number of fused-ring (bicyclic) bond motifs is 1. The Kier molecular flexibility index (Phi) is 2.87. The quantitative estimate of drug-likeness (QED) is 0.830. The van der Waals surface area contributed by atoms with E-state index in [0.29, 0.717) is 30.5 Å². The number of benzene rings is 1. The molecule has 5 heteroatoms. The smallest absolute Gasteiger partial charge is 0.293 e. The number of ether oxygens (including phenoxy) is 2. The summed E-state index contributed by atoms with van der Waals surface area (Å²) in [6.07, 6.45) is 1.48. The third-order valence-corrected chi connectivity index (χ3v) is 2.95. The van der Waals surface area contributed by atoms with Crippen LogP contribution in [0.15, 0.2) is 41.0 Å². The Bertz CT molecular complexity index is 591. The van der Waals surface area contributed by atoms with Gasteiger partial charge in [-0.15, -0.1) is 0 Å². The van der Waals surface area contributed by atoms with E-state index < -0.39 is 0 Å². The molecular weight excluding hydrogens is 246 g/mol. The van der Waals surface area contributed by atoms with Crippen molar-refractivity contribution in [1.82, 2.24) is 0 Å². The van der Waals surface area contributed by atoms with Gasteiger partial charge in [-0.2, -0.15) is 0 Å². The Labute approximate surface area is 110 Å². The Morgan fingerprint density at radius 1 is 1.16 bits per heavy atom. The van der Waals surface area contributed by atoms with Gasteiger partial charge in [0.25, 0.3) is 5.91 Å². The van der Waals surface area contributed by atoms with E-state index in [1.54, 1.807) is 31.3 Å². The highest BCUT2D eigenvalue weighted by Gasteiger charge is 2.19. The zero-order valence-corrected chi connectivity index (χ0v) is 10.5. The SMILES string of the molecule is CN(C(=O)c1ccco1)c1ccc2c(c1)OCCO2. The second kappa shape index (κ2) is 4.68. The van der Waals surface area contributed by atoms with Crippen LogP contribution >= 0.6 is 0 Å². The van der Waals surface area contributed by atoms with Gasteiger partial charge in [0.1, 0.15) is 13.2 Å². The normalized spacial score (nSPS) is 13.1. The summed E-state index contributed by atoms with van der Waals surface area (Å²) in [5.74, 6) is 1.45. The molecule has 1 aliphatic rings. The van der Waals surface area contributed by atoms with Gasteiger partial charge in [0, 0.05) is 18.8 Å². The summed E-state index contributed by atoms with van der Waals surface area (Å²) in [6, 6.07) is 8.72. The van der Waals surface area contributed by atoms with E-state index >= 15 is 0 Å². The molecule has 5 nitrogen and oxygen atoms in total. The van der Waals surface area contributed by atoms with Crippen molar-refractivity contribution in [3.63, 3.8) is 0 Å². The van der Waals surface area contributed by atoms with E-state index in [0.717, 1.165) is 5.69 Å². The summed E-state index contributed by atoms with van der Waals surface area (Å²) < 4.78 is 16.0. The second-order valence-electron chi connectivity index (χ2n) is 4.17. The highest BCUT2D eigenvalue weighted by atomic mass is 16.6. The third-order valence-electron chi connectivity index (χ3n) is 2.95. The van der Waals surface area contributed by atoms with Gasteiger partial charge in [0.05, 0.1) is 6.26 Å². The molecule has 0 atom stereocenters. The van der Waals surface area contributed by atoms with Crippen molar-refractivity contribution in [3.05, 3.63) is 42.4 Å². The Hall–Kier alpha value is -2.43. The molecule has 2 heterocycles. The zero-order chi connectivity index (χ0) is 13.2. The van der Waals surface area contributed by atoms with E-state index in [9.17, 15) is 4.79 Å². The van der Waals surface area contributed by atoms with Crippen LogP contribution in [0.4, 0.5) is 5.69 Å². The average molecular weight is 259 g/mol. The Morgan fingerprint density at radius 2 is 1.95 bits per heavy atom. The number of hydrogen-bond donors (Lipinski definition) is 0. The van der Waals surface area contributed by atoms with Crippen LogP contribution in [0.1, 0.15) is 10.6 Å². The van der Waals surface area contributed by atoms with Crippen LogP contribution in [0.3, 0.4) is 0 Å². The molecule has 1 aliphatic heterocycles. The van der Waals surface area contributed by atoms with Gasteiger partial charge in [-0.05, 0) is 24.3 Å². The molecule has 19 heavy (non-hydrogen) atoms. The molecule has 0 aliphatic carbocycles. The monoisotopic (exact) mass is 259 g/mol. The standard InChI is InChI=1S/C14H13NO4/c1-15(14(16)12-3-2-6-17-12)10-4-5-11-13(9-10)19-8-7-18-11/h2-6,9H,7-8H2,1H3. The van der Waals surface area contributed by atoms with Crippen molar-refractivity contribution in [2.24, 2.45) is 0 Å². The molecule has 0 saturated carbocycles. The third kappa shape index (κ3) is 2.14. The zero-order valence-electron chi connectivity index (χ0n) is 10.5. The summed E-state index contributed by atoms with van der Waals surface area (Å²) >= 11 is 0. The van der Waals surface area contributed by atoms with Gasteiger partial charge in [0.2, 0.25) is 0 Å². The Morgan fingerprint density at radius 3 is 2.68 bits per heavy atom. The van der Waals surface area contributed by atoms with Crippen molar-refractivity contribution in [2.75, 3.05) is 25.2 Å². The van der Waals surface area contributed by atoms with Gasteiger partial charge < -0.3 is 18.8 Å². The van der Waals surface area contributed by atoms with Gasteiger partial charge in [-0.3, -0.25) is 4.79 Å². The number of carbonyl (C=O) groups excluding carboxylic acids is 1. The first kappa shape index (κ1) is 11.6. The predicted octanol–water partition coefficient (Wildman–Crippen LogP) is 2.33.